The summed E-state index contributed by atoms with van der Waals surface area (Å²) in [5.74, 6) is 0.0542. The second kappa shape index (κ2) is 12.9. The molecule has 0 unspecified atom stereocenters. The molecule has 3 rings (SSSR count). The molecule has 0 saturated heterocycles. The smallest absolute Gasteiger partial charge is 0.243 e. The van der Waals surface area contributed by atoms with E-state index in [1.54, 1.807) is 30.3 Å². The van der Waals surface area contributed by atoms with Gasteiger partial charge in [-0.05, 0) is 56.0 Å². The summed E-state index contributed by atoms with van der Waals surface area (Å²) in [6.07, 6.45) is 2.48. The highest BCUT2D eigenvalue weighted by molar-refractivity contribution is 7.92. The van der Waals surface area contributed by atoms with Crippen molar-refractivity contribution < 1.29 is 31.9 Å². The van der Waals surface area contributed by atoms with E-state index in [9.17, 15) is 22.4 Å². The first-order chi connectivity index (χ1) is 18.0. The van der Waals surface area contributed by atoms with Crippen LogP contribution in [0.15, 0.2) is 42.5 Å². The maximum atomic E-state index is 13.5. The van der Waals surface area contributed by atoms with Crippen molar-refractivity contribution in [1.82, 2.24) is 10.2 Å². The van der Waals surface area contributed by atoms with Crippen molar-refractivity contribution in [2.75, 3.05) is 23.9 Å². The number of rotatable bonds is 13. The summed E-state index contributed by atoms with van der Waals surface area (Å²) in [7, 11) is -3.64. The number of fused-ring (bicyclic) bond motifs is 1. The van der Waals surface area contributed by atoms with E-state index in [1.165, 1.54) is 21.3 Å². The lowest BCUT2D eigenvalue weighted by Gasteiger charge is -2.32. The Morgan fingerprint density at radius 1 is 1.05 bits per heavy atom. The molecule has 11 heteroatoms. The quantitative estimate of drug-likeness (QED) is 0.407. The van der Waals surface area contributed by atoms with E-state index in [-0.39, 0.29) is 50.6 Å². The van der Waals surface area contributed by atoms with Crippen LogP contribution >= 0.6 is 0 Å². The fraction of sp³-hybridized carbons (Fsp3) is 0.481. The number of ether oxygens (including phenoxy) is 2. The fourth-order valence-corrected chi connectivity index (χ4v) is 5.15. The Hall–Kier alpha value is -3.34. The Morgan fingerprint density at radius 3 is 2.37 bits per heavy atom. The van der Waals surface area contributed by atoms with Crippen LogP contribution < -0.4 is 19.1 Å². The van der Waals surface area contributed by atoms with Crippen LogP contribution in [0.2, 0.25) is 0 Å². The average Bonchev–Trinajstić information content (AvgIpc) is 3.34. The summed E-state index contributed by atoms with van der Waals surface area (Å²) < 4.78 is 50.5. The Bertz CT molecular complexity index is 1220. The van der Waals surface area contributed by atoms with E-state index in [4.69, 9.17) is 9.47 Å². The minimum absolute atomic E-state index is 0.0187. The number of nitrogens with one attached hydrogen (secondary N) is 1. The van der Waals surface area contributed by atoms with E-state index in [2.05, 4.69) is 5.32 Å². The van der Waals surface area contributed by atoms with Crippen molar-refractivity contribution in [1.29, 1.82) is 0 Å². The normalized spacial score (nSPS) is 14.0. The first kappa shape index (κ1) is 29.2. The van der Waals surface area contributed by atoms with Crippen molar-refractivity contribution in [3.63, 3.8) is 0 Å². The lowest BCUT2D eigenvalue weighted by atomic mass is 10.1. The number of carbonyl (C=O) groups excluding carboxylic acids is 2. The highest BCUT2D eigenvalue weighted by Gasteiger charge is 2.29. The maximum Gasteiger partial charge on any atom is 0.243 e. The predicted molar refractivity (Wildman–Crippen MR) is 143 cm³/mol. The number of hydrogen-bond acceptors (Lipinski definition) is 6. The molecule has 1 aliphatic rings. The van der Waals surface area contributed by atoms with Crippen molar-refractivity contribution in [3.8, 4) is 11.5 Å². The summed E-state index contributed by atoms with van der Waals surface area (Å²) in [6, 6.07) is 9.89. The monoisotopic (exact) mass is 549 g/mol. The molecule has 2 amide bonds. The van der Waals surface area contributed by atoms with Crippen molar-refractivity contribution >= 4 is 27.5 Å². The van der Waals surface area contributed by atoms with Gasteiger partial charge in [0, 0.05) is 31.6 Å². The van der Waals surface area contributed by atoms with E-state index < -0.39 is 21.9 Å². The highest BCUT2D eigenvalue weighted by atomic mass is 32.2. The SMILES string of the molecule is CC[C@H](C(=O)N[C@@H](C)CC)N(Cc1ccc(F)cc1)C(=O)CCCN(c1ccc2c(c1)OCO2)S(C)(=O)=O. The van der Waals surface area contributed by atoms with Crippen LogP contribution in [0.25, 0.3) is 0 Å². The summed E-state index contributed by atoms with van der Waals surface area (Å²) in [5.41, 5.74) is 1.10. The summed E-state index contributed by atoms with van der Waals surface area (Å²) in [4.78, 5) is 28.0. The van der Waals surface area contributed by atoms with Crippen molar-refractivity contribution in [3.05, 3.63) is 53.8 Å². The van der Waals surface area contributed by atoms with Crippen LogP contribution in [0.3, 0.4) is 0 Å². The molecule has 0 bridgehead atoms. The predicted octanol–water partition coefficient (Wildman–Crippen LogP) is 3.82. The molecule has 1 N–H and O–H groups in total. The Balaban J connectivity index is 1.76. The number of amides is 2. The van der Waals surface area contributed by atoms with Crippen LogP contribution in [-0.4, -0.2) is 56.8 Å². The standard InChI is InChI=1S/C27H36FN3O6S/c1-5-19(3)29-27(33)23(6-2)30(17-20-9-11-21(28)12-10-20)26(32)8-7-15-31(38(4,34)35)22-13-14-24-25(16-22)37-18-36-24/h9-14,16,19,23H,5-8,15,17-18H2,1-4H3,(H,29,33)/t19-,23+/m0/s1. The molecule has 38 heavy (non-hydrogen) atoms. The van der Waals surface area contributed by atoms with Gasteiger partial charge in [-0.3, -0.25) is 13.9 Å². The van der Waals surface area contributed by atoms with Gasteiger partial charge < -0.3 is 19.7 Å². The van der Waals surface area contributed by atoms with Gasteiger partial charge in [-0.2, -0.15) is 0 Å². The zero-order valence-corrected chi connectivity index (χ0v) is 23.1. The average molecular weight is 550 g/mol. The molecule has 0 aliphatic carbocycles. The Labute approximate surface area is 224 Å². The molecule has 1 heterocycles. The number of halogens is 1. The molecule has 208 valence electrons. The van der Waals surface area contributed by atoms with Gasteiger partial charge in [-0.15, -0.1) is 0 Å². The topological polar surface area (TPSA) is 105 Å². The van der Waals surface area contributed by atoms with E-state index >= 15 is 0 Å². The van der Waals surface area contributed by atoms with Gasteiger partial charge >= 0.3 is 0 Å². The Kier molecular flexibility index (Phi) is 9.96. The Morgan fingerprint density at radius 2 is 1.74 bits per heavy atom. The van der Waals surface area contributed by atoms with E-state index in [1.807, 2.05) is 20.8 Å². The minimum Gasteiger partial charge on any atom is -0.454 e. The van der Waals surface area contributed by atoms with Crippen LogP contribution in [0, 0.1) is 5.82 Å². The highest BCUT2D eigenvalue weighted by Crippen LogP contribution is 2.36. The second-order valence-corrected chi connectivity index (χ2v) is 11.3. The van der Waals surface area contributed by atoms with E-state index in [0.717, 1.165) is 12.7 Å². The largest absolute Gasteiger partial charge is 0.454 e. The van der Waals surface area contributed by atoms with Gasteiger partial charge in [0.1, 0.15) is 11.9 Å². The first-order valence-corrected chi connectivity index (χ1v) is 14.6. The molecule has 2 atom stereocenters. The molecular formula is C27H36FN3O6S. The molecule has 0 spiro atoms. The van der Waals surface area contributed by atoms with Gasteiger partial charge in [-0.25, -0.2) is 12.8 Å². The van der Waals surface area contributed by atoms with Crippen molar-refractivity contribution in [2.24, 2.45) is 0 Å². The summed E-state index contributed by atoms with van der Waals surface area (Å²) >= 11 is 0. The number of benzene rings is 2. The number of nitrogens with zero attached hydrogens (tertiary/aromatic N) is 2. The molecular weight excluding hydrogens is 513 g/mol. The molecule has 9 nitrogen and oxygen atoms in total. The third-order valence-corrected chi connectivity index (χ3v) is 7.64. The number of anilines is 1. The lowest BCUT2D eigenvalue weighted by Crippen LogP contribution is -2.50. The summed E-state index contributed by atoms with van der Waals surface area (Å²) in [5, 5.41) is 2.94. The van der Waals surface area contributed by atoms with Crippen LogP contribution in [0.4, 0.5) is 10.1 Å². The summed E-state index contributed by atoms with van der Waals surface area (Å²) in [6.45, 7) is 5.94. The van der Waals surface area contributed by atoms with Gasteiger partial charge in [-0.1, -0.05) is 26.0 Å². The van der Waals surface area contributed by atoms with Crippen LogP contribution in [0.5, 0.6) is 11.5 Å². The zero-order chi connectivity index (χ0) is 27.9. The third-order valence-electron chi connectivity index (χ3n) is 6.45. The van der Waals surface area contributed by atoms with Gasteiger partial charge in [0.2, 0.25) is 28.6 Å². The lowest BCUT2D eigenvalue weighted by molar-refractivity contribution is -0.141. The second-order valence-electron chi connectivity index (χ2n) is 9.37. The molecule has 0 aromatic heterocycles. The number of carbonyl (C=O) groups is 2. The maximum absolute atomic E-state index is 13.5. The van der Waals surface area contributed by atoms with Gasteiger partial charge in [0.05, 0.1) is 11.9 Å². The molecule has 1 aliphatic heterocycles. The fourth-order valence-electron chi connectivity index (χ4n) is 4.19. The molecule has 2 aromatic carbocycles. The molecule has 2 aromatic rings. The number of hydrogen-bond donors (Lipinski definition) is 1. The van der Waals surface area contributed by atoms with E-state index in [0.29, 0.717) is 29.2 Å². The van der Waals surface area contributed by atoms with Gasteiger partial charge in [0.15, 0.2) is 11.5 Å². The van der Waals surface area contributed by atoms with Crippen LogP contribution in [-0.2, 0) is 26.2 Å². The van der Waals surface area contributed by atoms with Gasteiger partial charge in [0.25, 0.3) is 0 Å². The van der Waals surface area contributed by atoms with Crippen LogP contribution in [0.1, 0.15) is 52.0 Å². The zero-order valence-electron chi connectivity index (χ0n) is 22.3. The minimum atomic E-state index is -3.64. The molecule has 0 radical (unpaired) electrons. The molecule has 0 saturated carbocycles. The first-order valence-electron chi connectivity index (χ1n) is 12.7. The number of sulfonamides is 1. The third kappa shape index (κ3) is 7.59. The molecule has 0 fully saturated rings. The van der Waals surface area contributed by atoms with Crippen molar-refractivity contribution in [2.45, 2.75) is 65.1 Å².